The summed E-state index contributed by atoms with van der Waals surface area (Å²) in [7, 11) is 1.38. The van der Waals surface area contributed by atoms with Gasteiger partial charge in [-0.2, -0.15) is 0 Å². The number of Topliss-reactive ketones (excluding diaryl/α,β-unsaturated/α-hetero) is 1. The largest absolute Gasteiger partial charge is 0.469 e. The Kier molecular flexibility index (Phi) is 9.73. The molecule has 4 atom stereocenters. The SMILES string of the molecule is COC(=O)CCC/C=C\C[C@H]1C(=O)C[C@@H](O)[C@@H]1/C=C/C[C@](C)(O)/C=C/C1=CCCC1. The molecule has 0 aromatic heterocycles. The molecule has 1 saturated carbocycles. The van der Waals surface area contributed by atoms with E-state index in [1.165, 1.54) is 19.1 Å². The van der Waals surface area contributed by atoms with Crippen LogP contribution >= 0.6 is 0 Å². The highest BCUT2D eigenvalue weighted by Crippen LogP contribution is 2.33. The fourth-order valence-corrected chi connectivity index (χ4v) is 4.02. The highest BCUT2D eigenvalue weighted by Gasteiger charge is 2.39. The molecule has 0 aromatic carbocycles. The van der Waals surface area contributed by atoms with Crippen molar-refractivity contribution in [2.45, 2.75) is 76.4 Å². The van der Waals surface area contributed by atoms with Crippen LogP contribution in [-0.4, -0.2) is 40.8 Å². The standard InChI is InChI=1S/C25H36O5/c1-25(29,17-15-19-10-7-8-11-19)16-9-13-21-20(22(26)18-23(21)27)12-5-3-4-6-14-24(28)30-2/h3,5,9-10,13,15,17,20-21,23,27,29H,4,6-8,11-12,14,16,18H2,1-2H3/b5-3-,13-9+,17-15+/t20-,21-,23-,25+/m1/s1. The summed E-state index contributed by atoms with van der Waals surface area (Å²) in [5.41, 5.74) is 0.317. The molecule has 2 N–H and O–H groups in total. The lowest BCUT2D eigenvalue weighted by Gasteiger charge is -2.19. The first-order valence-electron chi connectivity index (χ1n) is 11.0. The third-order valence-corrected chi connectivity index (χ3v) is 5.89. The second kappa shape index (κ2) is 12.0. The normalized spacial score (nSPS) is 26.7. The van der Waals surface area contributed by atoms with Crippen LogP contribution in [0.2, 0.25) is 0 Å². The molecule has 0 spiro atoms. The summed E-state index contributed by atoms with van der Waals surface area (Å²) in [6.07, 6.45) is 19.5. The third kappa shape index (κ3) is 8.04. The Morgan fingerprint density at radius 2 is 2.13 bits per heavy atom. The van der Waals surface area contributed by atoms with E-state index in [1.54, 1.807) is 6.92 Å². The van der Waals surface area contributed by atoms with Crippen LogP contribution in [0.25, 0.3) is 0 Å². The van der Waals surface area contributed by atoms with Gasteiger partial charge in [0.1, 0.15) is 5.78 Å². The Balaban J connectivity index is 1.84. The van der Waals surface area contributed by atoms with Crippen molar-refractivity contribution in [3.8, 4) is 0 Å². The number of allylic oxidation sites excluding steroid dienone is 5. The van der Waals surface area contributed by atoms with Crippen molar-refractivity contribution in [1.29, 1.82) is 0 Å². The minimum absolute atomic E-state index is 0.0798. The molecule has 5 heteroatoms. The summed E-state index contributed by atoms with van der Waals surface area (Å²) in [5.74, 6) is -0.601. The van der Waals surface area contributed by atoms with Crippen molar-refractivity contribution in [2.24, 2.45) is 11.8 Å². The molecule has 2 aliphatic rings. The number of methoxy groups -OCH3 is 1. The summed E-state index contributed by atoms with van der Waals surface area (Å²) >= 11 is 0. The first kappa shape index (κ1) is 24.3. The maximum atomic E-state index is 12.3. The first-order chi connectivity index (χ1) is 14.3. The van der Waals surface area contributed by atoms with Gasteiger partial charge in [-0.3, -0.25) is 9.59 Å². The minimum atomic E-state index is -0.956. The predicted octanol–water partition coefficient (Wildman–Crippen LogP) is 4.21. The van der Waals surface area contributed by atoms with Gasteiger partial charge in [0.2, 0.25) is 0 Å². The molecule has 0 bridgehead atoms. The molecule has 2 aliphatic carbocycles. The molecule has 0 aliphatic heterocycles. The van der Waals surface area contributed by atoms with Crippen molar-refractivity contribution < 1.29 is 24.5 Å². The Hall–Kier alpha value is -1.98. The molecule has 1 fully saturated rings. The summed E-state index contributed by atoms with van der Waals surface area (Å²) in [5, 5.41) is 20.9. The lowest BCUT2D eigenvalue weighted by atomic mass is 9.89. The predicted molar refractivity (Wildman–Crippen MR) is 118 cm³/mol. The lowest BCUT2D eigenvalue weighted by molar-refractivity contribution is -0.140. The fraction of sp³-hybridized carbons (Fsp3) is 0.600. The Labute approximate surface area is 180 Å². The van der Waals surface area contributed by atoms with E-state index in [4.69, 9.17) is 0 Å². The zero-order valence-corrected chi connectivity index (χ0v) is 18.3. The maximum absolute atomic E-state index is 12.3. The highest BCUT2D eigenvalue weighted by molar-refractivity contribution is 5.84. The summed E-state index contributed by atoms with van der Waals surface area (Å²) in [6.45, 7) is 1.77. The molecule has 2 rings (SSSR count). The van der Waals surface area contributed by atoms with E-state index in [2.05, 4.69) is 10.8 Å². The van der Waals surface area contributed by atoms with Crippen LogP contribution in [0.15, 0.2) is 48.1 Å². The number of rotatable bonds is 11. The molecule has 0 amide bonds. The monoisotopic (exact) mass is 416 g/mol. The quantitative estimate of drug-likeness (QED) is 0.299. The Bertz CT molecular complexity index is 698. The van der Waals surface area contributed by atoms with Crippen molar-refractivity contribution >= 4 is 11.8 Å². The molecule has 0 unspecified atom stereocenters. The Morgan fingerprint density at radius 1 is 1.33 bits per heavy atom. The average Bonchev–Trinajstić information content (AvgIpc) is 3.31. The second-order valence-corrected chi connectivity index (χ2v) is 8.59. The molecule has 166 valence electrons. The van der Waals surface area contributed by atoms with Gasteiger partial charge >= 0.3 is 5.97 Å². The van der Waals surface area contributed by atoms with Crippen LogP contribution in [0.4, 0.5) is 0 Å². The zero-order chi connectivity index (χ0) is 22.0. The number of hydrogen-bond acceptors (Lipinski definition) is 5. The summed E-state index contributed by atoms with van der Waals surface area (Å²) in [6, 6.07) is 0. The number of aliphatic hydroxyl groups excluding tert-OH is 1. The van der Waals surface area contributed by atoms with Gasteiger partial charge in [0.15, 0.2) is 0 Å². The van der Waals surface area contributed by atoms with Crippen LogP contribution in [0.3, 0.4) is 0 Å². The lowest BCUT2D eigenvalue weighted by Crippen LogP contribution is -2.21. The van der Waals surface area contributed by atoms with E-state index in [0.717, 1.165) is 19.3 Å². The number of ether oxygens (including phenoxy) is 1. The summed E-state index contributed by atoms with van der Waals surface area (Å²) < 4.78 is 4.61. The van der Waals surface area contributed by atoms with Gasteiger partial charge in [-0.25, -0.2) is 0 Å². The van der Waals surface area contributed by atoms with E-state index in [0.29, 0.717) is 25.7 Å². The number of carbonyl (C=O) groups excluding carboxylic acids is 2. The van der Waals surface area contributed by atoms with Gasteiger partial charge in [-0.1, -0.05) is 48.1 Å². The Morgan fingerprint density at radius 3 is 2.83 bits per heavy atom. The van der Waals surface area contributed by atoms with Gasteiger partial charge in [-0.05, 0) is 51.9 Å². The molecule has 0 saturated heterocycles. The van der Waals surface area contributed by atoms with Crippen LogP contribution < -0.4 is 0 Å². The van der Waals surface area contributed by atoms with Gasteiger partial charge in [0, 0.05) is 24.7 Å². The topological polar surface area (TPSA) is 83.8 Å². The van der Waals surface area contributed by atoms with E-state index < -0.39 is 11.7 Å². The third-order valence-electron chi connectivity index (χ3n) is 5.89. The van der Waals surface area contributed by atoms with Crippen LogP contribution in [0.5, 0.6) is 0 Å². The number of aliphatic hydroxyl groups is 2. The molecule has 30 heavy (non-hydrogen) atoms. The fourth-order valence-electron chi connectivity index (χ4n) is 4.02. The second-order valence-electron chi connectivity index (χ2n) is 8.59. The zero-order valence-electron chi connectivity index (χ0n) is 18.3. The van der Waals surface area contributed by atoms with E-state index in [9.17, 15) is 19.8 Å². The van der Waals surface area contributed by atoms with Gasteiger partial charge in [0.25, 0.3) is 0 Å². The maximum Gasteiger partial charge on any atom is 0.305 e. The van der Waals surface area contributed by atoms with E-state index in [-0.39, 0.29) is 30.0 Å². The van der Waals surface area contributed by atoms with Crippen molar-refractivity contribution in [1.82, 2.24) is 0 Å². The molecular weight excluding hydrogens is 380 g/mol. The average molecular weight is 417 g/mol. The molecule has 0 radical (unpaired) electrons. The van der Waals surface area contributed by atoms with Crippen LogP contribution in [-0.2, 0) is 14.3 Å². The van der Waals surface area contributed by atoms with Crippen LogP contribution in [0.1, 0.15) is 64.7 Å². The number of hydrogen-bond donors (Lipinski definition) is 2. The smallest absolute Gasteiger partial charge is 0.305 e. The van der Waals surface area contributed by atoms with Gasteiger partial charge in [-0.15, -0.1) is 0 Å². The highest BCUT2D eigenvalue weighted by atomic mass is 16.5. The van der Waals surface area contributed by atoms with E-state index >= 15 is 0 Å². The number of esters is 1. The molecule has 0 aromatic rings. The van der Waals surface area contributed by atoms with Crippen LogP contribution in [0, 0.1) is 11.8 Å². The van der Waals surface area contributed by atoms with Crippen molar-refractivity contribution in [2.75, 3.05) is 7.11 Å². The first-order valence-corrected chi connectivity index (χ1v) is 11.0. The molecule has 0 heterocycles. The summed E-state index contributed by atoms with van der Waals surface area (Å²) in [4.78, 5) is 23.4. The van der Waals surface area contributed by atoms with Gasteiger partial charge in [0.05, 0.1) is 18.8 Å². The number of unbranched alkanes of at least 4 members (excludes halogenated alkanes) is 1. The minimum Gasteiger partial charge on any atom is -0.469 e. The van der Waals surface area contributed by atoms with E-state index in [1.807, 2.05) is 36.5 Å². The number of carbonyl (C=O) groups is 2. The van der Waals surface area contributed by atoms with Gasteiger partial charge < -0.3 is 14.9 Å². The van der Waals surface area contributed by atoms with Crippen molar-refractivity contribution in [3.63, 3.8) is 0 Å². The molecular formula is C25H36O5. The molecule has 5 nitrogen and oxygen atoms in total. The van der Waals surface area contributed by atoms with Crippen molar-refractivity contribution in [3.05, 3.63) is 48.1 Å². The number of ketones is 1.